The van der Waals surface area contributed by atoms with Crippen molar-refractivity contribution >= 4 is 17.9 Å². The number of ether oxygens (including phenoxy) is 3. The Hall–Kier alpha value is -3.67. The smallest absolute Gasteiger partial charge is 0.306 e. The Morgan fingerprint density at radius 2 is 0.506 bits per heavy atom. The molecule has 0 fully saturated rings. The SMILES string of the molecule is CC/C=C\C/C=C\C/C=C\C/C=C\C/C=C\C/C=C\CCCCCCCCCCCCC(=O)OCC(COC(=O)CCCCCCCCCCCCCCCCC)OC(=O)CCCCCCC/C=C\C/C=C\CCCCC. The van der Waals surface area contributed by atoms with Gasteiger partial charge in [0.15, 0.2) is 6.10 Å². The van der Waals surface area contributed by atoms with Crippen LogP contribution in [0, 0.1) is 0 Å². The Labute approximate surface area is 477 Å². The van der Waals surface area contributed by atoms with Gasteiger partial charge in [-0.25, -0.2) is 0 Å². The van der Waals surface area contributed by atoms with Crippen LogP contribution in [0.1, 0.15) is 316 Å². The fourth-order valence-corrected chi connectivity index (χ4v) is 9.18. The first-order valence-corrected chi connectivity index (χ1v) is 32.7. The highest BCUT2D eigenvalue weighted by molar-refractivity contribution is 5.71. The highest BCUT2D eigenvalue weighted by Crippen LogP contribution is 2.16. The Morgan fingerprint density at radius 1 is 0.273 bits per heavy atom. The predicted molar refractivity (Wildman–Crippen MR) is 334 cm³/mol. The Kier molecular flexibility index (Phi) is 61.8. The first-order chi connectivity index (χ1) is 38.0. The van der Waals surface area contributed by atoms with Gasteiger partial charge in [-0.05, 0) is 103 Å². The van der Waals surface area contributed by atoms with E-state index in [0.29, 0.717) is 19.3 Å². The Bertz CT molecular complexity index is 1510. The minimum absolute atomic E-state index is 0.0811. The van der Waals surface area contributed by atoms with Crippen LogP contribution in [0.3, 0.4) is 0 Å². The number of carbonyl (C=O) groups excluding carboxylic acids is 3. The number of esters is 3. The molecule has 0 saturated carbocycles. The van der Waals surface area contributed by atoms with Crippen molar-refractivity contribution in [3.05, 3.63) is 97.2 Å². The van der Waals surface area contributed by atoms with Gasteiger partial charge in [-0.15, -0.1) is 0 Å². The number of rotatable bonds is 59. The van der Waals surface area contributed by atoms with Crippen molar-refractivity contribution in [2.75, 3.05) is 13.2 Å². The van der Waals surface area contributed by atoms with Crippen molar-refractivity contribution in [2.45, 2.75) is 322 Å². The maximum Gasteiger partial charge on any atom is 0.306 e. The van der Waals surface area contributed by atoms with E-state index in [4.69, 9.17) is 14.2 Å². The highest BCUT2D eigenvalue weighted by Gasteiger charge is 2.19. The number of hydrogen-bond acceptors (Lipinski definition) is 6. The van der Waals surface area contributed by atoms with Gasteiger partial charge in [0.1, 0.15) is 13.2 Å². The van der Waals surface area contributed by atoms with Crippen LogP contribution in [0.5, 0.6) is 0 Å². The summed E-state index contributed by atoms with van der Waals surface area (Å²) in [5.74, 6) is -0.887. The molecule has 0 saturated heterocycles. The molecule has 1 unspecified atom stereocenters. The van der Waals surface area contributed by atoms with Crippen LogP contribution in [-0.2, 0) is 28.6 Å². The lowest BCUT2D eigenvalue weighted by molar-refractivity contribution is -0.167. The molecular weight excluding hydrogens is 949 g/mol. The molecule has 0 aromatic carbocycles. The summed E-state index contributed by atoms with van der Waals surface area (Å²) < 4.78 is 16.9. The maximum absolute atomic E-state index is 12.9. The van der Waals surface area contributed by atoms with E-state index >= 15 is 0 Å². The number of carbonyl (C=O) groups is 3. The molecular formula is C71H122O6. The second-order valence-electron chi connectivity index (χ2n) is 21.6. The van der Waals surface area contributed by atoms with E-state index in [2.05, 4.69) is 118 Å². The van der Waals surface area contributed by atoms with Crippen molar-refractivity contribution in [1.29, 1.82) is 0 Å². The monoisotopic (exact) mass is 1070 g/mol. The molecule has 0 heterocycles. The lowest BCUT2D eigenvalue weighted by Gasteiger charge is -2.18. The summed E-state index contributed by atoms with van der Waals surface area (Å²) in [5, 5.41) is 0. The molecule has 77 heavy (non-hydrogen) atoms. The molecule has 0 N–H and O–H groups in total. The second kappa shape index (κ2) is 64.9. The van der Waals surface area contributed by atoms with Crippen molar-refractivity contribution in [3.63, 3.8) is 0 Å². The van der Waals surface area contributed by atoms with Crippen molar-refractivity contribution in [2.24, 2.45) is 0 Å². The van der Waals surface area contributed by atoms with Crippen LogP contribution in [-0.4, -0.2) is 37.2 Å². The normalized spacial score (nSPS) is 12.7. The zero-order valence-electron chi connectivity index (χ0n) is 50.7. The largest absolute Gasteiger partial charge is 0.462 e. The molecule has 0 aliphatic carbocycles. The summed E-state index contributed by atoms with van der Waals surface area (Å²) in [6, 6.07) is 0. The van der Waals surface area contributed by atoms with Gasteiger partial charge >= 0.3 is 17.9 Å². The molecule has 0 aliphatic rings. The van der Waals surface area contributed by atoms with E-state index in [-0.39, 0.29) is 31.1 Å². The predicted octanol–water partition coefficient (Wildman–Crippen LogP) is 22.4. The Balaban J connectivity index is 4.29. The van der Waals surface area contributed by atoms with Gasteiger partial charge in [0, 0.05) is 19.3 Å². The van der Waals surface area contributed by atoms with E-state index in [0.717, 1.165) is 122 Å². The Morgan fingerprint density at radius 3 is 0.818 bits per heavy atom. The fraction of sp³-hybridized carbons (Fsp3) is 0.732. The molecule has 0 aliphatic heterocycles. The van der Waals surface area contributed by atoms with E-state index in [1.54, 1.807) is 0 Å². The van der Waals surface area contributed by atoms with E-state index < -0.39 is 6.10 Å². The fourth-order valence-electron chi connectivity index (χ4n) is 9.18. The van der Waals surface area contributed by atoms with Crippen LogP contribution < -0.4 is 0 Å². The summed E-state index contributed by atoms with van der Waals surface area (Å²) in [4.78, 5) is 38.3. The molecule has 0 radical (unpaired) electrons. The van der Waals surface area contributed by atoms with Gasteiger partial charge in [-0.2, -0.15) is 0 Å². The minimum Gasteiger partial charge on any atom is -0.462 e. The third-order valence-corrected chi connectivity index (χ3v) is 14.1. The van der Waals surface area contributed by atoms with Crippen molar-refractivity contribution in [3.8, 4) is 0 Å². The molecule has 6 nitrogen and oxygen atoms in total. The standard InChI is InChI=1S/C71H122O6/c1-4-7-10-13-16-19-22-25-28-29-30-31-32-33-34-35-36-37-38-39-40-41-44-46-49-52-55-58-61-64-70(73)76-67-68(77-71(74)65-62-59-56-53-50-47-43-27-24-21-18-15-12-9-6-3)66-75-69(72)63-60-57-54-51-48-45-42-26-23-20-17-14-11-8-5-2/h7,10,16,18-19,21,25,27-28,30-31,33-34,36-37,43,68H,4-6,8-9,11-15,17,20,22-24,26,29,32,35,38-42,44-67H2,1-3H3/b10-7-,19-16-,21-18-,28-25-,31-30-,34-33-,37-36-,43-27-. The number of unbranched alkanes of at least 4 members (excludes halogenated alkanes) is 32. The summed E-state index contributed by atoms with van der Waals surface area (Å²) >= 11 is 0. The summed E-state index contributed by atoms with van der Waals surface area (Å²) in [5.41, 5.74) is 0. The number of hydrogen-bond donors (Lipinski definition) is 0. The third-order valence-electron chi connectivity index (χ3n) is 14.1. The first kappa shape index (κ1) is 73.3. The van der Waals surface area contributed by atoms with Crippen molar-refractivity contribution in [1.82, 2.24) is 0 Å². The van der Waals surface area contributed by atoms with E-state index in [9.17, 15) is 14.4 Å². The zero-order valence-corrected chi connectivity index (χ0v) is 50.7. The molecule has 0 spiro atoms. The number of allylic oxidation sites excluding steroid dienone is 16. The molecule has 0 aromatic rings. The molecule has 442 valence electrons. The molecule has 0 amide bonds. The van der Waals surface area contributed by atoms with Gasteiger partial charge in [0.05, 0.1) is 0 Å². The van der Waals surface area contributed by atoms with Gasteiger partial charge < -0.3 is 14.2 Å². The van der Waals surface area contributed by atoms with Crippen LogP contribution in [0.2, 0.25) is 0 Å². The minimum atomic E-state index is -0.786. The average molecular weight is 1070 g/mol. The third kappa shape index (κ3) is 63.0. The molecule has 6 heteroatoms. The van der Waals surface area contributed by atoms with Crippen LogP contribution >= 0.6 is 0 Å². The summed E-state index contributed by atoms with van der Waals surface area (Å²) in [6.07, 6.45) is 87.0. The summed E-state index contributed by atoms with van der Waals surface area (Å²) in [7, 11) is 0. The average Bonchev–Trinajstić information content (AvgIpc) is 3.43. The van der Waals surface area contributed by atoms with E-state index in [1.165, 1.54) is 154 Å². The summed E-state index contributed by atoms with van der Waals surface area (Å²) in [6.45, 7) is 6.52. The lowest BCUT2D eigenvalue weighted by atomic mass is 10.0. The van der Waals surface area contributed by atoms with Crippen LogP contribution in [0.15, 0.2) is 97.2 Å². The first-order valence-electron chi connectivity index (χ1n) is 32.7. The van der Waals surface area contributed by atoms with E-state index in [1.807, 2.05) is 0 Å². The van der Waals surface area contributed by atoms with Crippen LogP contribution in [0.25, 0.3) is 0 Å². The molecule has 0 aromatic heterocycles. The second-order valence-corrected chi connectivity index (χ2v) is 21.6. The maximum atomic E-state index is 12.9. The highest BCUT2D eigenvalue weighted by atomic mass is 16.6. The molecule has 0 bridgehead atoms. The van der Waals surface area contributed by atoms with Crippen molar-refractivity contribution < 1.29 is 28.6 Å². The van der Waals surface area contributed by atoms with Gasteiger partial charge in [-0.3, -0.25) is 14.4 Å². The quantitative estimate of drug-likeness (QED) is 0.0261. The topological polar surface area (TPSA) is 78.9 Å². The van der Waals surface area contributed by atoms with Gasteiger partial charge in [0.25, 0.3) is 0 Å². The lowest BCUT2D eigenvalue weighted by Crippen LogP contribution is -2.30. The van der Waals surface area contributed by atoms with Gasteiger partial charge in [0.2, 0.25) is 0 Å². The zero-order chi connectivity index (χ0) is 55.7. The van der Waals surface area contributed by atoms with Crippen LogP contribution in [0.4, 0.5) is 0 Å². The van der Waals surface area contributed by atoms with Gasteiger partial charge in [-0.1, -0.05) is 291 Å². The molecule has 0 rings (SSSR count). The molecule has 1 atom stereocenters.